The van der Waals surface area contributed by atoms with Crippen LogP contribution >= 0.6 is 0 Å². The fourth-order valence-corrected chi connectivity index (χ4v) is 1.42. The van der Waals surface area contributed by atoms with Crippen molar-refractivity contribution in [2.24, 2.45) is 5.92 Å². The van der Waals surface area contributed by atoms with Crippen LogP contribution < -0.4 is 0 Å². The third kappa shape index (κ3) is 2.21. The molecule has 0 aromatic carbocycles. The summed E-state index contributed by atoms with van der Waals surface area (Å²) < 4.78 is 10.2. The Hall–Kier alpha value is -0.570. The molecule has 0 saturated carbocycles. The fourth-order valence-electron chi connectivity index (χ4n) is 1.42. The molecule has 1 aliphatic heterocycles. The second kappa shape index (κ2) is 3.44. The van der Waals surface area contributed by atoms with E-state index in [-0.39, 0.29) is 5.92 Å². The average molecular weight is 173 g/mol. The lowest BCUT2D eigenvalue weighted by molar-refractivity contribution is -0.435. The topological polar surface area (TPSA) is 40.8 Å². The smallest absolute Gasteiger partial charge is 0.390 e. The first kappa shape index (κ1) is 9.52. The zero-order valence-electron chi connectivity index (χ0n) is 7.96. The van der Waals surface area contributed by atoms with Crippen molar-refractivity contribution in [2.45, 2.75) is 32.3 Å². The maximum Gasteiger partial charge on any atom is 0.484 e. The number of esters is 1. The van der Waals surface area contributed by atoms with Crippen molar-refractivity contribution >= 4 is 5.97 Å². The van der Waals surface area contributed by atoms with E-state index < -0.39 is 5.60 Å². The SMILES string of the molecule is C[O+]=C1CC(C(C)(C)O)CCO1. The van der Waals surface area contributed by atoms with Gasteiger partial charge in [0, 0.05) is 12.3 Å². The minimum atomic E-state index is -0.631. The zero-order chi connectivity index (χ0) is 9.19. The molecule has 0 aromatic rings. The number of hydrogen-bond acceptors (Lipinski definition) is 2. The summed E-state index contributed by atoms with van der Waals surface area (Å²) in [5.41, 5.74) is -0.631. The van der Waals surface area contributed by atoms with E-state index in [1.54, 1.807) is 7.11 Å². The lowest BCUT2D eigenvalue weighted by atomic mass is 9.85. The van der Waals surface area contributed by atoms with Crippen LogP contribution in [0.1, 0.15) is 26.7 Å². The molecular weight excluding hydrogens is 156 g/mol. The van der Waals surface area contributed by atoms with Gasteiger partial charge in [-0.3, -0.25) is 0 Å². The van der Waals surface area contributed by atoms with Crippen molar-refractivity contribution in [2.75, 3.05) is 13.7 Å². The van der Waals surface area contributed by atoms with Gasteiger partial charge in [0.1, 0.15) is 6.42 Å². The van der Waals surface area contributed by atoms with Crippen LogP contribution in [0.3, 0.4) is 0 Å². The number of hydrogen-bond donors (Lipinski definition) is 1. The van der Waals surface area contributed by atoms with E-state index in [0.29, 0.717) is 19.0 Å². The minimum Gasteiger partial charge on any atom is -0.390 e. The van der Waals surface area contributed by atoms with Crippen LogP contribution in [0.15, 0.2) is 0 Å². The van der Waals surface area contributed by atoms with Gasteiger partial charge in [-0.1, -0.05) is 0 Å². The molecule has 0 aliphatic carbocycles. The first-order chi connectivity index (χ1) is 5.54. The Morgan fingerprint density at radius 2 is 2.25 bits per heavy atom. The standard InChI is InChI=1S/C9H17O3/c1-9(2,10)7-4-5-12-8(6-7)11-3/h7,10H,4-6H2,1-3H3/q+1. The molecule has 0 amide bonds. The Kier molecular flexibility index (Phi) is 2.73. The van der Waals surface area contributed by atoms with Gasteiger partial charge in [-0.05, 0) is 13.8 Å². The van der Waals surface area contributed by atoms with Gasteiger partial charge in [-0.25, -0.2) is 0 Å². The maximum atomic E-state index is 9.73. The van der Waals surface area contributed by atoms with Crippen LogP contribution in [-0.2, 0) is 9.16 Å². The summed E-state index contributed by atoms with van der Waals surface area (Å²) in [6.45, 7) is 4.31. The average Bonchev–Trinajstić information content (AvgIpc) is 2.03. The van der Waals surface area contributed by atoms with Crippen LogP contribution in [0.2, 0.25) is 0 Å². The largest absolute Gasteiger partial charge is 0.484 e. The van der Waals surface area contributed by atoms with E-state index in [2.05, 4.69) is 0 Å². The molecule has 12 heavy (non-hydrogen) atoms. The number of aliphatic hydroxyl groups is 1. The van der Waals surface area contributed by atoms with E-state index in [1.165, 1.54) is 0 Å². The zero-order valence-corrected chi connectivity index (χ0v) is 7.96. The van der Waals surface area contributed by atoms with E-state index in [4.69, 9.17) is 9.16 Å². The highest BCUT2D eigenvalue weighted by Crippen LogP contribution is 2.27. The summed E-state index contributed by atoms with van der Waals surface area (Å²) in [5.74, 6) is 0.898. The van der Waals surface area contributed by atoms with E-state index >= 15 is 0 Å². The normalized spacial score (nSPS) is 28.7. The second-order valence-corrected chi connectivity index (χ2v) is 3.77. The summed E-state index contributed by atoms with van der Waals surface area (Å²) in [6, 6.07) is 0. The van der Waals surface area contributed by atoms with Crippen molar-refractivity contribution in [3.63, 3.8) is 0 Å². The number of ether oxygens (including phenoxy) is 1. The molecule has 1 heterocycles. The molecule has 1 rings (SSSR count). The highest BCUT2D eigenvalue weighted by Gasteiger charge is 2.36. The third-order valence-corrected chi connectivity index (χ3v) is 2.37. The molecule has 3 heteroatoms. The van der Waals surface area contributed by atoms with Gasteiger partial charge in [0.15, 0.2) is 13.7 Å². The summed E-state index contributed by atoms with van der Waals surface area (Å²) in [7, 11) is 1.60. The maximum absolute atomic E-state index is 9.73. The van der Waals surface area contributed by atoms with Gasteiger partial charge in [-0.2, -0.15) is 0 Å². The van der Waals surface area contributed by atoms with Crippen molar-refractivity contribution in [1.29, 1.82) is 0 Å². The molecule has 0 radical (unpaired) electrons. The van der Waals surface area contributed by atoms with E-state index in [0.717, 1.165) is 6.42 Å². The molecule has 0 bridgehead atoms. The van der Waals surface area contributed by atoms with Crippen molar-refractivity contribution in [1.82, 2.24) is 0 Å². The number of cyclic esters (lactones) is 1. The molecule has 3 nitrogen and oxygen atoms in total. The monoisotopic (exact) mass is 173 g/mol. The molecule has 1 fully saturated rings. The highest BCUT2D eigenvalue weighted by atomic mass is 16.6. The quantitative estimate of drug-likeness (QED) is 0.472. The Labute approximate surface area is 73.0 Å². The Morgan fingerprint density at radius 1 is 1.58 bits per heavy atom. The highest BCUT2D eigenvalue weighted by molar-refractivity contribution is 5.70. The summed E-state index contributed by atoms with van der Waals surface area (Å²) in [5, 5.41) is 9.73. The summed E-state index contributed by atoms with van der Waals surface area (Å²) >= 11 is 0. The number of carbonyl (C=O) groups excluding carboxylic acids is 1. The van der Waals surface area contributed by atoms with E-state index in [9.17, 15) is 5.11 Å². The predicted octanol–water partition coefficient (Wildman–Crippen LogP) is 0.876. The van der Waals surface area contributed by atoms with Gasteiger partial charge >= 0.3 is 5.97 Å². The second-order valence-electron chi connectivity index (χ2n) is 3.77. The molecule has 1 aliphatic rings. The fraction of sp³-hybridized carbons (Fsp3) is 0.889. The van der Waals surface area contributed by atoms with Crippen molar-refractivity contribution in [3.05, 3.63) is 0 Å². The van der Waals surface area contributed by atoms with Crippen LogP contribution in [0.4, 0.5) is 0 Å². The van der Waals surface area contributed by atoms with E-state index in [1.807, 2.05) is 13.8 Å². The van der Waals surface area contributed by atoms with Crippen molar-refractivity contribution < 1.29 is 14.3 Å². The first-order valence-electron chi connectivity index (χ1n) is 4.29. The van der Waals surface area contributed by atoms with Gasteiger partial charge in [0.25, 0.3) is 0 Å². The minimum absolute atomic E-state index is 0.251. The van der Waals surface area contributed by atoms with Gasteiger partial charge in [-0.15, -0.1) is 0 Å². The Morgan fingerprint density at radius 3 is 2.75 bits per heavy atom. The van der Waals surface area contributed by atoms with Crippen LogP contribution in [0, 0.1) is 5.92 Å². The third-order valence-electron chi connectivity index (χ3n) is 2.37. The summed E-state index contributed by atoms with van der Waals surface area (Å²) in [6.07, 6.45) is 1.61. The molecule has 1 saturated heterocycles. The lowest BCUT2D eigenvalue weighted by Gasteiger charge is -2.28. The summed E-state index contributed by atoms with van der Waals surface area (Å²) in [4.78, 5) is 0. The van der Waals surface area contributed by atoms with Crippen LogP contribution in [-0.4, -0.2) is 30.4 Å². The molecule has 0 aromatic heterocycles. The Balaban J connectivity index is 2.58. The van der Waals surface area contributed by atoms with Gasteiger partial charge < -0.3 is 14.3 Å². The molecular formula is C9H17O3+. The molecule has 1 atom stereocenters. The van der Waals surface area contributed by atoms with Crippen LogP contribution in [0.5, 0.6) is 0 Å². The van der Waals surface area contributed by atoms with Gasteiger partial charge in [0.05, 0.1) is 5.60 Å². The molecule has 70 valence electrons. The predicted molar refractivity (Wildman–Crippen MR) is 45.9 cm³/mol. The first-order valence-corrected chi connectivity index (χ1v) is 4.29. The van der Waals surface area contributed by atoms with Gasteiger partial charge in [0.2, 0.25) is 0 Å². The molecule has 1 N–H and O–H groups in total. The molecule has 0 spiro atoms. The van der Waals surface area contributed by atoms with Crippen molar-refractivity contribution in [3.8, 4) is 0 Å². The van der Waals surface area contributed by atoms with Crippen LogP contribution in [0.25, 0.3) is 0 Å². The molecule has 1 unspecified atom stereocenters. The lowest BCUT2D eigenvalue weighted by Crippen LogP contribution is -2.37. The number of rotatable bonds is 1. The Bertz CT molecular complexity index is 179.